The summed E-state index contributed by atoms with van der Waals surface area (Å²) >= 11 is 0. The predicted molar refractivity (Wildman–Crippen MR) is 72.5 cm³/mol. The number of ether oxygens (including phenoxy) is 1. The summed E-state index contributed by atoms with van der Waals surface area (Å²) in [7, 11) is 1.50. The molecule has 0 aliphatic carbocycles. The molecular formula is C14H12FN3O. The van der Waals surface area contributed by atoms with E-state index in [1.165, 1.54) is 13.2 Å². The van der Waals surface area contributed by atoms with E-state index in [-0.39, 0.29) is 0 Å². The van der Waals surface area contributed by atoms with Crippen LogP contribution in [-0.2, 0) is 0 Å². The summed E-state index contributed by atoms with van der Waals surface area (Å²) < 4.78 is 19.0. The third-order valence-corrected chi connectivity index (χ3v) is 2.98. The van der Waals surface area contributed by atoms with Crippen molar-refractivity contribution in [2.45, 2.75) is 0 Å². The molecule has 0 atom stereocenters. The first-order chi connectivity index (χ1) is 9.19. The van der Waals surface area contributed by atoms with Crippen molar-refractivity contribution in [1.82, 2.24) is 9.97 Å². The Balaban J connectivity index is 2.16. The monoisotopic (exact) mass is 257 g/mol. The molecule has 0 radical (unpaired) electrons. The lowest BCUT2D eigenvalue weighted by Crippen LogP contribution is -1.89. The topological polar surface area (TPSA) is 63.9 Å². The number of hydrogen-bond donors (Lipinski definition) is 2. The lowest BCUT2D eigenvalue weighted by Gasteiger charge is -2.02. The molecule has 4 nitrogen and oxygen atoms in total. The first-order valence-electron chi connectivity index (χ1n) is 5.77. The summed E-state index contributed by atoms with van der Waals surface area (Å²) in [6.07, 6.45) is 0. The van der Waals surface area contributed by atoms with Crippen LogP contribution in [0.5, 0.6) is 5.75 Å². The van der Waals surface area contributed by atoms with Gasteiger partial charge in [0.2, 0.25) is 0 Å². The maximum Gasteiger partial charge on any atom is 0.141 e. The number of nitrogen functional groups attached to an aromatic ring is 1. The number of aromatic amines is 1. The molecule has 0 fully saturated rings. The van der Waals surface area contributed by atoms with E-state index >= 15 is 0 Å². The molecule has 0 amide bonds. The van der Waals surface area contributed by atoms with E-state index in [1.807, 2.05) is 12.1 Å². The van der Waals surface area contributed by atoms with Gasteiger partial charge in [0, 0.05) is 6.07 Å². The number of nitrogens with zero attached hydrogens (tertiary/aromatic N) is 1. The summed E-state index contributed by atoms with van der Waals surface area (Å²) in [4.78, 5) is 7.40. The average Bonchev–Trinajstić information content (AvgIpc) is 2.83. The molecule has 19 heavy (non-hydrogen) atoms. The number of imidazole rings is 1. The van der Waals surface area contributed by atoms with Crippen molar-refractivity contribution < 1.29 is 9.13 Å². The fourth-order valence-corrected chi connectivity index (χ4v) is 2.00. The van der Waals surface area contributed by atoms with Gasteiger partial charge in [-0.05, 0) is 24.3 Å². The minimum Gasteiger partial charge on any atom is -0.497 e. The Hall–Kier alpha value is -2.56. The van der Waals surface area contributed by atoms with Crippen LogP contribution in [0, 0.1) is 5.82 Å². The number of fused-ring (bicyclic) bond motifs is 1. The summed E-state index contributed by atoms with van der Waals surface area (Å²) in [6.45, 7) is 0. The van der Waals surface area contributed by atoms with Crippen molar-refractivity contribution in [2.75, 3.05) is 12.8 Å². The van der Waals surface area contributed by atoms with Gasteiger partial charge in [-0.3, -0.25) is 0 Å². The summed E-state index contributed by atoms with van der Waals surface area (Å²) in [6, 6.07) is 10.1. The predicted octanol–water partition coefficient (Wildman–Crippen LogP) is 2.96. The summed E-state index contributed by atoms with van der Waals surface area (Å²) in [5.74, 6) is 0.530. The van der Waals surface area contributed by atoms with Gasteiger partial charge < -0.3 is 15.5 Å². The Morgan fingerprint density at radius 3 is 2.79 bits per heavy atom. The van der Waals surface area contributed by atoms with Crippen LogP contribution in [0.25, 0.3) is 22.4 Å². The highest BCUT2D eigenvalue weighted by Gasteiger charge is 2.12. The van der Waals surface area contributed by atoms with Gasteiger partial charge in [0.1, 0.15) is 22.9 Å². The smallest absolute Gasteiger partial charge is 0.141 e. The lowest BCUT2D eigenvalue weighted by atomic mass is 10.2. The highest BCUT2D eigenvalue weighted by molar-refractivity contribution is 5.89. The first-order valence-corrected chi connectivity index (χ1v) is 5.77. The maximum atomic E-state index is 14.0. The Morgan fingerprint density at radius 1 is 1.26 bits per heavy atom. The molecule has 0 aliphatic heterocycles. The number of methoxy groups -OCH3 is 1. The lowest BCUT2D eigenvalue weighted by molar-refractivity contribution is 0.411. The van der Waals surface area contributed by atoms with Gasteiger partial charge in [-0.15, -0.1) is 0 Å². The van der Waals surface area contributed by atoms with Crippen LogP contribution in [0.15, 0.2) is 36.4 Å². The number of nitrogens with one attached hydrogen (secondary N) is 1. The zero-order valence-corrected chi connectivity index (χ0v) is 10.3. The van der Waals surface area contributed by atoms with Crippen LogP contribution >= 0.6 is 0 Å². The molecule has 96 valence electrons. The Kier molecular flexibility index (Phi) is 2.59. The molecule has 1 aromatic heterocycles. The quantitative estimate of drug-likeness (QED) is 0.694. The molecule has 0 aliphatic rings. The number of benzene rings is 2. The van der Waals surface area contributed by atoms with E-state index in [1.54, 1.807) is 18.2 Å². The van der Waals surface area contributed by atoms with E-state index in [9.17, 15) is 4.39 Å². The van der Waals surface area contributed by atoms with Crippen LogP contribution in [0.4, 0.5) is 10.1 Å². The number of anilines is 1. The Bertz CT molecular complexity index is 752. The maximum absolute atomic E-state index is 14.0. The van der Waals surface area contributed by atoms with Gasteiger partial charge in [-0.1, -0.05) is 6.07 Å². The average molecular weight is 257 g/mol. The molecular weight excluding hydrogens is 245 g/mol. The van der Waals surface area contributed by atoms with Crippen LogP contribution in [0.2, 0.25) is 0 Å². The number of rotatable bonds is 2. The Labute approximate surface area is 109 Å². The molecule has 1 heterocycles. The largest absolute Gasteiger partial charge is 0.497 e. The third-order valence-electron chi connectivity index (χ3n) is 2.98. The number of aromatic nitrogens is 2. The zero-order chi connectivity index (χ0) is 13.4. The molecule has 3 aromatic rings. The van der Waals surface area contributed by atoms with Gasteiger partial charge in [-0.25, -0.2) is 9.37 Å². The van der Waals surface area contributed by atoms with Crippen molar-refractivity contribution in [3.8, 4) is 17.1 Å². The standard InChI is InChI=1S/C14H12FN3O/c1-19-8-5-6-9(10(15)7-8)14-17-12-4-2-3-11(16)13(12)18-14/h2-7H,16H2,1H3,(H,17,18). The van der Waals surface area contributed by atoms with E-state index in [0.29, 0.717) is 28.3 Å². The second-order valence-electron chi connectivity index (χ2n) is 4.17. The van der Waals surface area contributed by atoms with Crippen LogP contribution in [0.1, 0.15) is 0 Å². The van der Waals surface area contributed by atoms with E-state index in [4.69, 9.17) is 10.5 Å². The number of para-hydroxylation sites is 1. The van der Waals surface area contributed by atoms with Gasteiger partial charge in [0.05, 0.1) is 23.9 Å². The summed E-state index contributed by atoms with van der Waals surface area (Å²) in [5.41, 5.74) is 8.21. The minimum absolute atomic E-state index is 0.386. The summed E-state index contributed by atoms with van der Waals surface area (Å²) in [5, 5.41) is 0. The van der Waals surface area contributed by atoms with Crippen LogP contribution < -0.4 is 10.5 Å². The molecule has 5 heteroatoms. The first kappa shape index (κ1) is 11.5. The fourth-order valence-electron chi connectivity index (χ4n) is 2.00. The van der Waals surface area contributed by atoms with E-state index in [2.05, 4.69) is 9.97 Å². The van der Waals surface area contributed by atoms with Crippen molar-refractivity contribution in [2.24, 2.45) is 0 Å². The van der Waals surface area contributed by atoms with Crippen LogP contribution in [-0.4, -0.2) is 17.1 Å². The van der Waals surface area contributed by atoms with Gasteiger partial charge in [-0.2, -0.15) is 0 Å². The number of nitrogens with two attached hydrogens (primary N) is 1. The molecule has 0 saturated heterocycles. The minimum atomic E-state index is -0.392. The van der Waals surface area contributed by atoms with Gasteiger partial charge in [0.25, 0.3) is 0 Å². The van der Waals surface area contributed by atoms with E-state index < -0.39 is 5.82 Å². The molecule has 0 bridgehead atoms. The zero-order valence-electron chi connectivity index (χ0n) is 10.3. The van der Waals surface area contributed by atoms with Crippen molar-refractivity contribution in [3.63, 3.8) is 0 Å². The number of halogens is 1. The number of hydrogen-bond acceptors (Lipinski definition) is 3. The SMILES string of the molecule is COc1ccc(-c2nc3c(N)cccc3[nH]2)c(F)c1. The molecule has 0 saturated carbocycles. The molecule has 0 spiro atoms. The van der Waals surface area contributed by atoms with Gasteiger partial charge >= 0.3 is 0 Å². The Morgan fingerprint density at radius 2 is 2.11 bits per heavy atom. The van der Waals surface area contributed by atoms with E-state index in [0.717, 1.165) is 5.52 Å². The third kappa shape index (κ3) is 1.89. The van der Waals surface area contributed by atoms with Crippen molar-refractivity contribution >= 4 is 16.7 Å². The molecule has 3 N–H and O–H groups in total. The highest BCUT2D eigenvalue weighted by atomic mass is 19.1. The number of H-pyrrole nitrogens is 1. The van der Waals surface area contributed by atoms with Crippen LogP contribution in [0.3, 0.4) is 0 Å². The molecule has 2 aromatic carbocycles. The normalized spacial score (nSPS) is 10.8. The van der Waals surface area contributed by atoms with Gasteiger partial charge in [0.15, 0.2) is 0 Å². The second kappa shape index (κ2) is 4.28. The molecule has 0 unspecified atom stereocenters. The fraction of sp³-hybridized carbons (Fsp3) is 0.0714. The molecule has 3 rings (SSSR count). The second-order valence-corrected chi connectivity index (χ2v) is 4.17. The van der Waals surface area contributed by atoms with Crippen molar-refractivity contribution in [1.29, 1.82) is 0 Å². The van der Waals surface area contributed by atoms with Crippen molar-refractivity contribution in [3.05, 3.63) is 42.2 Å². The highest BCUT2D eigenvalue weighted by Crippen LogP contribution is 2.27.